The van der Waals surface area contributed by atoms with Crippen LogP contribution in [0.4, 0.5) is 0 Å². The van der Waals surface area contributed by atoms with Gasteiger partial charge in [0.05, 0.1) is 13.3 Å². The van der Waals surface area contributed by atoms with Gasteiger partial charge in [0.25, 0.3) is 0 Å². The molecular formula is C14H15N5O2. The van der Waals surface area contributed by atoms with Crippen molar-refractivity contribution in [2.24, 2.45) is 12.8 Å². The average Bonchev–Trinajstić information content (AvgIpc) is 3.16. The largest absolute Gasteiger partial charge is 0.497 e. The molecule has 21 heavy (non-hydrogen) atoms. The predicted molar refractivity (Wildman–Crippen MR) is 75.5 cm³/mol. The van der Waals surface area contributed by atoms with Gasteiger partial charge in [-0.25, -0.2) is 0 Å². The van der Waals surface area contributed by atoms with E-state index in [4.69, 9.17) is 15.0 Å². The molecule has 3 rings (SSSR count). The summed E-state index contributed by atoms with van der Waals surface area (Å²) in [6.07, 6.45) is 3.50. The van der Waals surface area contributed by atoms with E-state index >= 15 is 0 Å². The highest BCUT2D eigenvalue weighted by Crippen LogP contribution is 2.23. The first-order valence-corrected chi connectivity index (χ1v) is 6.39. The van der Waals surface area contributed by atoms with Crippen LogP contribution in [-0.2, 0) is 7.05 Å². The van der Waals surface area contributed by atoms with Crippen LogP contribution in [0.15, 0.2) is 41.2 Å². The van der Waals surface area contributed by atoms with Crippen molar-refractivity contribution in [2.45, 2.75) is 6.04 Å². The molecule has 7 heteroatoms. The lowest BCUT2D eigenvalue weighted by Crippen LogP contribution is -2.11. The summed E-state index contributed by atoms with van der Waals surface area (Å²) in [7, 11) is 3.45. The Hall–Kier alpha value is -2.67. The zero-order chi connectivity index (χ0) is 14.8. The van der Waals surface area contributed by atoms with Crippen molar-refractivity contribution in [3.05, 3.63) is 48.1 Å². The normalized spacial score (nSPS) is 12.3. The highest BCUT2D eigenvalue weighted by Gasteiger charge is 2.18. The van der Waals surface area contributed by atoms with Gasteiger partial charge in [-0.05, 0) is 24.3 Å². The highest BCUT2D eigenvalue weighted by molar-refractivity contribution is 5.55. The Kier molecular flexibility index (Phi) is 3.41. The van der Waals surface area contributed by atoms with Crippen molar-refractivity contribution in [1.29, 1.82) is 0 Å². The second-order valence-electron chi connectivity index (χ2n) is 4.61. The van der Waals surface area contributed by atoms with Gasteiger partial charge in [-0.15, -0.1) is 0 Å². The number of rotatable bonds is 4. The maximum absolute atomic E-state index is 6.10. The first-order chi connectivity index (χ1) is 10.2. The smallest absolute Gasteiger partial charge is 0.248 e. The van der Waals surface area contributed by atoms with Crippen LogP contribution in [0.1, 0.15) is 17.5 Å². The number of benzene rings is 1. The van der Waals surface area contributed by atoms with E-state index in [2.05, 4.69) is 15.2 Å². The Labute approximate surface area is 121 Å². The average molecular weight is 285 g/mol. The Morgan fingerprint density at radius 2 is 2.05 bits per heavy atom. The summed E-state index contributed by atoms with van der Waals surface area (Å²) in [5, 5.41) is 8.04. The number of nitrogens with two attached hydrogens (primary N) is 1. The molecule has 0 radical (unpaired) electrons. The first kappa shape index (κ1) is 13.3. The molecule has 0 fully saturated rings. The van der Waals surface area contributed by atoms with E-state index < -0.39 is 6.04 Å². The first-order valence-electron chi connectivity index (χ1n) is 6.39. The molecule has 1 atom stereocenters. The maximum Gasteiger partial charge on any atom is 0.248 e. The van der Waals surface area contributed by atoms with E-state index in [9.17, 15) is 0 Å². The Morgan fingerprint density at radius 3 is 2.67 bits per heavy atom. The van der Waals surface area contributed by atoms with Gasteiger partial charge in [-0.3, -0.25) is 4.68 Å². The van der Waals surface area contributed by atoms with E-state index in [1.807, 2.05) is 37.5 Å². The highest BCUT2D eigenvalue weighted by atomic mass is 16.5. The van der Waals surface area contributed by atoms with Gasteiger partial charge in [0.1, 0.15) is 11.8 Å². The van der Waals surface area contributed by atoms with Crippen molar-refractivity contribution >= 4 is 0 Å². The molecule has 108 valence electrons. The molecule has 0 aliphatic rings. The van der Waals surface area contributed by atoms with Crippen LogP contribution in [0, 0.1) is 0 Å². The van der Waals surface area contributed by atoms with Crippen molar-refractivity contribution in [1.82, 2.24) is 19.9 Å². The minimum absolute atomic E-state index is 0.355. The second-order valence-corrected chi connectivity index (χ2v) is 4.61. The third-order valence-electron chi connectivity index (χ3n) is 3.14. The molecule has 0 aliphatic carbocycles. The molecule has 0 spiro atoms. The summed E-state index contributed by atoms with van der Waals surface area (Å²) in [4.78, 5) is 4.34. The number of hydrogen-bond acceptors (Lipinski definition) is 6. The van der Waals surface area contributed by atoms with Crippen LogP contribution in [0.3, 0.4) is 0 Å². The minimum Gasteiger partial charge on any atom is -0.497 e. The minimum atomic E-state index is -0.488. The summed E-state index contributed by atoms with van der Waals surface area (Å²) in [6, 6.07) is 6.92. The van der Waals surface area contributed by atoms with Gasteiger partial charge in [0, 0.05) is 24.4 Å². The SMILES string of the molecule is COc1ccc(-c2noc(C(N)c3cnn(C)c3)n2)cc1. The molecule has 0 saturated carbocycles. The summed E-state index contributed by atoms with van der Waals surface area (Å²) in [6.45, 7) is 0. The molecule has 0 saturated heterocycles. The number of aryl methyl sites for hydroxylation is 1. The number of aromatic nitrogens is 4. The van der Waals surface area contributed by atoms with Crippen LogP contribution >= 0.6 is 0 Å². The topological polar surface area (TPSA) is 92.0 Å². The standard InChI is InChI=1S/C14H15N5O2/c1-19-8-10(7-16-19)12(15)14-17-13(18-21-14)9-3-5-11(20-2)6-4-9/h3-8,12H,15H2,1-2H3. The van der Waals surface area contributed by atoms with E-state index in [0.29, 0.717) is 11.7 Å². The van der Waals surface area contributed by atoms with Crippen LogP contribution in [0.2, 0.25) is 0 Å². The fourth-order valence-electron chi connectivity index (χ4n) is 1.96. The molecule has 1 aromatic carbocycles. The molecule has 0 aliphatic heterocycles. The van der Waals surface area contributed by atoms with Gasteiger partial charge in [-0.2, -0.15) is 10.1 Å². The fourth-order valence-corrected chi connectivity index (χ4v) is 1.96. The monoisotopic (exact) mass is 285 g/mol. The molecule has 0 amide bonds. The van der Waals surface area contributed by atoms with Crippen LogP contribution in [0.5, 0.6) is 5.75 Å². The van der Waals surface area contributed by atoms with E-state index in [1.165, 1.54) is 0 Å². The number of nitrogens with zero attached hydrogens (tertiary/aromatic N) is 4. The van der Waals surface area contributed by atoms with Gasteiger partial charge < -0.3 is 15.0 Å². The Bertz CT molecular complexity index is 732. The van der Waals surface area contributed by atoms with Crippen LogP contribution in [0.25, 0.3) is 11.4 Å². The molecule has 3 aromatic rings. The molecule has 0 bridgehead atoms. The van der Waals surface area contributed by atoms with Gasteiger partial charge in [-0.1, -0.05) is 5.16 Å². The number of hydrogen-bond donors (Lipinski definition) is 1. The van der Waals surface area contributed by atoms with Gasteiger partial charge in [0.2, 0.25) is 11.7 Å². The van der Waals surface area contributed by atoms with Gasteiger partial charge >= 0.3 is 0 Å². The van der Waals surface area contributed by atoms with Crippen molar-refractivity contribution in [3.8, 4) is 17.1 Å². The summed E-state index contributed by atoms with van der Waals surface area (Å²) >= 11 is 0. The summed E-state index contributed by atoms with van der Waals surface area (Å²) in [5.74, 6) is 1.62. The van der Waals surface area contributed by atoms with Crippen LogP contribution < -0.4 is 10.5 Å². The zero-order valence-electron chi connectivity index (χ0n) is 11.7. The third-order valence-corrected chi connectivity index (χ3v) is 3.14. The third kappa shape index (κ3) is 2.63. The Morgan fingerprint density at radius 1 is 1.29 bits per heavy atom. The van der Waals surface area contributed by atoms with Gasteiger partial charge in [0.15, 0.2) is 0 Å². The quantitative estimate of drug-likeness (QED) is 0.781. The second kappa shape index (κ2) is 5.37. The molecule has 7 nitrogen and oxygen atoms in total. The van der Waals surface area contributed by atoms with E-state index in [1.54, 1.807) is 18.0 Å². The lowest BCUT2D eigenvalue weighted by Gasteiger charge is -2.01. The van der Waals surface area contributed by atoms with Crippen LogP contribution in [-0.4, -0.2) is 27.0 Å². The van der Waals surface area contributed by atoms with E-state index in [0.717, 1.165) is 16.9 Å². The van der Waals surface area contributed by atoms with Crippen molar-refractivity contribution < 1.29 is 9.26 Å². The zero-order valence-corrected chi connectivity index (χ0v) is 11.7. The fraction of sp³-hybridized carbons (Fsp3) is 0.214. The molecule has 1 unspecified atom stereocenters. The number of ether oxygens (including phenoxy) is 1. The predicted octanol–water partition coefficient (Wildman–Crippen LogP) is 1.53. The van der Waals surface area contributed by atoms with Crippen molar-refractivity contribution in [3.63, 3.8) is 0 Å². The summed E-state index contributed by atoms with van der Waals surface area (Å²) < 4.78 is 12.0. The van der Waals surface area contributed by atoms with Crippen molar-refractivity contribution in [2.75, 3.05) is 7.11 Å². The number of methoxy groups -OCH3 is 1. The molecule has 2 N–H and O–H groups in total. The molecular weight excluding hydrogens is 270 g/mol. The maximum atomic E-state index is 6.10. The van der Waals surface area contributed by atoms with E-state index in [-0.39, 0.29) is 0 Å². The molecule has 2 aromatic heterocycles. The Balaban J connectivity index is 1.85. The molecule has 2 heterocycles. The lowest BCUT2D eigenvalue weighted by molar-refractivity contribution is 0.367. The summed E-state index contributed by atoms with van der Waals surface area (Å²) in [5.41, 5.74) is 7.76. The lowest BCUT2D eigenvalue weighted by atomic mass is 10.2.